The van der Waals surface area contributed by atoms with Crippen LogP contribution in [0.2, 0.25) is 0 Å². The van der Waals surface area contributed by atoms with E-state index in [0.717, 1.165) is 0 Å². The van der Waals surface area contributed by atoms with Crippen molar-refractivity contribution in [1.29, 1.82) is 0 Å². The maximum Gasteiger partial charge on any atom is 0.256 e. The second-order valence-corrected chi connectivity index (χ2v) is 7.02. The zero-order chi connectivity index (χ0) is 15.6. The highest BCUT2D eigenvalue weighted by atomic mass is 35.5. The van der Waals surface area contributed by atoms with E-state index in [1.807, 2.05) is 0 Å². The van der Waals surface area contributed by atoms with Gasteiger partial charge in [-0.15, -0.1) is 0 Å². The quantitative estimate of drug-likeness (QED) is 0.763. The summed E-state index contributed by atoms with van der Waals surface area (Å²) < 4.78 is 36.6. The Morgan fingerprint density at radius 3 is 2.71 bits per heavy atom. The molecule has 1 heterocycles. The first-order valence-corrected chi connectivity index (χ1v) is 8.13. The van der Waals surface area contributed by atoms with Crippen molar-refractivity contribution in [2.24, 2.45) is 0 Å². The molecule has 1 fully saturated rings. The number of carbonyl (C=O) groups excluding carboxylic acids is 1. The molecule has 2 rings (SSSR count). The molecule has 0 bridgehead atoms. The van der Waals surface area contributed by atoms with Gasteiger partial charge in [0.2, 0.25) is 10.0 Å². The van der Waals surface area contributed by atoms with E-state index in [1.165, 1.54) is 36.7 Å². The molecule has 1 aliphatic heterocycles. The third-order valence-corrected chi connectivity index (χ3v) is 5.59. The number of methoxy groups -OCH3 is 1. The summed E-state index contributed by atoms with van der Waals surface area (Å²) in [5, 5.41) is -0.768. The summed E-state index contributed by atoms with van der Waals surface area (Å²) >= 11 is 5.47. The van der Waals surface area contributed by atoms with Crippen molar-refractivity contribution in [2.75, 3.05) is 27.4 Å². The van der Waals surface area contributed by atoms with Crippen LogP contribution in [-0.4, -0.2) is 51.4 Å². The second-order valence-electron chi connectivity index (χ2n) is 4.67. The summed E-state index contributed by atoms with van der Waals surface area (Å²) in [6.07, 6.45) is 0.646. The predicted octanol–water partition coefficient (Wildman–Crippen LogP) is 1.48. The van der Waals surface area contributed by atoms with Gasteiger partial charge in [-0.05, 0) is 36.2 Å². The molecule has 1 saturated heterocycles. The van der Waals surface area contributed by atoms with Crippen LogP contribution < -0.4 is 4.74 Å². The summed E-state index contributed by atoms with van der Waals surface area (Å²) in [5.41, 5.74) is 0.0244. The number of halogens is 1. The molecular weight excluding hydrogens is 318 g/mol. The van der Waals surface area contributed by atoms with Crippen LogP contribution >= 0.6 is 11.6 Å². The SMILES string of the molecule is COc1ccc(S(=O)(=O)N(C)[C@H]2CCOC2)cc1C(=O)Cl. The Balaban J connectivity index is 2.40. The van der Waals surface area contributed by atoms with Gasteiger partial charge in [-0.2, -0.15) is 4.31 Å². The summed E-state index contributed by atoms with van der Waals surface area (Å²) in [6.45, 7) is 0.908. The van der Waals surface area contributed by atoms with Crippen LogP contribution in [0.15, 0.2) is 23.1 Å². The number of ether oxygens (including phenoxy) is 2. The normalized spacial score (nSPS) is 19.0. The van der Waals surface area contributed by atoms with E-state index in [9.17, 15) is 13.2 Å². The second kappa shape index (κ2) is 6.31. The van der Waals surface area contributed by atoms with Crippen molar-refractivity contribution >= 4 is 26.9 Å². The number of rotatable bonds is 5. The highest BCUT2D eigenvalue weighted by Crippen LogP contribution is 2.27. The Morgan fingerprint density at radius 1 is 1.48 bits per heavy atom. The van der Waals surface area contributed by atoms with Crippen LogP contribution in [0, 0.1) is 0 Å². The maximum atomic E-state index is 12.6. The fourth-order valence-corrected chi connectivity index (χ4v) is 3.72. The van der Waals surface area contributed by atoms with Crippen LogP contribution in [-0.2, 0) is 14.8 Å². The van der Waals surface area contributed by atoms with Crippen LogP contribution in [0.4, 0.5) is 0 Å². The molecule has 0 amide bonds. The van der Waals surface area contributed by atoms with Crippen molar-refractivity contribution < 1.29 is 22.7 Å². The Kier molecular flexibility index (Phi) is 4.88. The van der Waals surface area contributed by atoms with Crippen molar-refractivity contribution in [2.45, 2.75) is 17.4 Å². The molecule has 0 N–H and O–H groups in total. The van der Waals surface area contributed by atoms with Crippen molar-refractivity contribution in [3.8, 4) is 5.75 Å². The minimum Gasteiger partial charge on any atom is -0.496 e. The summed E-state index contributed by atoms with van der Waals surface area (Å²) in [6, 6.07) is 3.84. The zero-order valence-corrected chi connectivity index (χ0v) is 13.3. The van der Waals surface area contributed by atoms with Gasteiger partial charge in [0, 0.05) is 13.7 Å². The molecule has 0 aliphatic carbocycles. The molecule has 116 valence electrons. The maximum absolute atomic E-state index is 12.6. The molecule has 21 heavy (non-hydrogen) atoms. The fraction of sp³-hybridized carbons (Fsp3) is 0.462. The molecule has 0 spiro atoms. The largest absolute Gasteiger partial charge is 0.496 e. The van der Waals surface area contributed by atoms with E-state index >= 15 is 0 Å². The summed E-state index contributed by atoms with van der Waals surface area (Å²) in [4.78, 5) is 11.4. The Bertz CT molecular complexity index is 640. The van der Waals surface area contributed by atoms with Gasteiger partial charge < -0.3 is 9.47 Å². The smallest absolute Gasteiger partial charge is 0.256 e. The zero-order valence-electron chi connectivity index (χ0n) is 11.7. The minimum atomic E-state index is -3.72. The van der Waals surface area contributed by atoms with Gasteiger partial charge in [0.25, 0.3) is 5.24 Å². The number of carbonyl (C=O) groups is 1. The van der Waals surface area contributed by atoms with Crippen LogP contribution in [0.3, 0.4) is 0 Å². The highest BCUT2D eigenvalue weighted by molar-refractivity contribution is 7.89. The van der Waals surface area contributed by atoms with Gasteiger partial charge in [0.05, 0.1) is 30.2 Å². The minimum absolute atomic E-state index is 0.00157. The molecule has 1 aromatic rings. The summed E-state index contributed by atoms with van der Waals surface area (Å²) in [7, 11) is -0.832. The average Bonchev–Trinajstić information content (AvgIpc) is 2.99. The standard InChI is InChI=1S/C13H16ClNO5S/c1-15(9-5-6-20-8-9)21(17,18)10-3-4-12(19-2)11(7-10)13(14)16/h3-4,7,9H,5-6,8H2,1-2H3/t9-/m0/s1. The molecule has 1 aliphatic rings. The Labute approximate surface area is 128 Å². The van der Waals surface area contributed by atoms with E-state index in [2.05, 4.69) is 0 Å². The topological polar surface area (TPSA) is 72.9 Å². The molecule has 0 aromatic heterocycles. The van der Waals surface area contributed by atoms with Gasteiger partial charge >= 0.3 is 0 Å². The first kappa shape index (κ1) is 16.2. The highest BCUT2D eigenvalue weighted by Gasteiger charge is 2.31. The molecule has 6 nitrogen and oxygen atoms in total. The van der Waals surface area contributed by atoms with Crippen LogP contribution in [0.1, 0.15) is 16.8 Å². The van der Waals surface area contributed by atoms with Gasteiger partial charge in [-0.1, -0.05) is 0 Å². The van der Waals surface area contributed by atoms with E-state index in [1.54, 1.807) is 0 Å². The number of nitrogens with zero attached hydrogens (tertiary/aromatic N) is 1. The lowest BCUT2D eigenvalue weighted by Crippen LogP contribution is -2.37. The number of hydrogen-bond donors (Lipinski definition) is 0. The van der Waals surface area contributed by atoms with Gasteiger partial charge in [0.15, 0.2) is 0 Å². The number of benzene rings is 1. The lowest BCUT2D eigenvalue weighted by molar-refractivity contribution is 0.107. The third-order valence-electron chi connectivity index (χ3n) is 3.48. The van der Waals surface area contributed by atoms with E-state index in [0.29, 0.717) is 19.6 Å². The van der Waals surface area contributed by atoms with E-state index in [4.69, 9.17) is 21.1 Å². The van der Waals surface area contributed by atoms with Gasteiger partial charge in [-0.25, -0.2) is 8.42 Å². The molecule has 0 radical (unpaired) electrons. The number of sulfonamides is 1. The van der Waals surface area contributed by atoms with Crippen molar-refractivity contribution in [1.82, 2.24) is 4.31 Å². The third kappa shape index (κ3) is 3.21. The van der Waals surface area contributed by atoms with Gasteiger partial charge in [-0.3, -0.25) is 4.79 Å². The van der Waals surface area contributed by atoms with Crippen LogP contribution in [0.25, 0.3) is 0 Å². The van der Waals surface area contributed by atoms with Crippen LogP contribution in [0.5, 0.6) is 5.75 Å². The Morgan fingerprint density at radius 2 is 2.19 bits per heavy atom. The van der Waals surface area contributed by atoms with E-state index < -0.39 is 15.3 Å². The van der Waals surface area contributed by atoms with E-state index in [-0.39, 0.29) is 22.3 Å². The summed E-state index contributed by atoms with van der Waals surface area (Å²) in [5.74, 6) is 0.237. The first-order valence-electron chi connectivity index (χ1n) is 6.31. The molecule has 1 aromatic carbocycles. The number of likely N-dealkylation sites (N-methyl/N-ethyl adjacent to an activating group) is 1. The average molecular weight is 334 g/mol. The van der Waals surface area contributed by atoms with Crippen molar-refractivity contribution in [3.05, 3.63) is 23.8 Å². The molecule has 0 saturated carbocycles. The molecule has 0 unspecified atom stereocenters. The molecular formula is C13H16ClNO5S. The predicted molar refractivity (Wildman–Crippen MR) is 77.4 cm³/mol. The van der Waals surface area contributed by atoms with Gasteiger partial charge in [0.1, 0.15) is 5.75 Å². The first-order chi connectivity index (χ1) is 9.87. The Hall–Kier alpha value is -1.15. The lowest BCUT2D eigenvalue weighted by atomic mass is 10.2. The fourth-order valence-electron chi connectivity index (χ4n) is 2.17. The lowest BCUT2D eigenvalue weighted by Gasteiger charge is -2.23. The monoisotopic (exact) mass is 333 g/mol. The molecule has 1 atom stereocenters. The van der Waals surface area contributed by atoms with Crippen molar-refractivity contribution in [3.63, 3.8) is 0 Å². The molecule has 8 heteroatoms. The number of hydrogen-bond acceptors (Lipinski definition) is 5.